The summed E-state index contributed by atoms with van der Waals surface area (Å²) in [4.78, 5) is 25.3. The lowest BCUT2D eigenvalue weighted by molar-refractivity contribution is -0.121. The number of benzene rings is 1. The van der Waals surface area contributed by atoms with E-state index in [2.05, 4.69) is 5.32 Å². The van der Waals surface area contributed by atoms with Gasteiger partial charge in [-0.05, 0) is 31.9 Å². The zero-order valence-corrected chi connectivity index (χ0v) is 12.9. The second-order valence-electron chi connectivity index (χ2n) is 5.52. The first kappa shape index (κ1) is 16.3. The Morgan fingerprint density at radius 3 is 3.00 bits per heavy atom. The van der Waals surface area contributed by atoms with Crippen LogP contribution >= 0.6 is 0 Å². The fraction of sp³-hybridized carbons (Fsp3) is 0.500. The summed E-state index contributed by atoms with van der Waals surface area (Å²) in [5.74, 6) is 0.677. The fourth-order valence-electron chi connectivity index (χ4n) is 2.31. The van der Waals surface area contributed by atoms with Crippen LogP contribution in [0.2, 0.25) is 0 Å². The minimum atomic E-state index is -0.0537. The molecule has 0 spiro atoms. The topological polar surface area (TPSA) is 84.7 Å². The molecule has 6 heteroatoms. The van der Waals surface area contributed by atoms with Crippen molar-refractivity contribution >= 4 is 17.5 Å². The Balaban J connectivity index is 1.77. The van der Waals surface area contributed by atoms with Gasteiger partial charge in [-0.2, -0.15) is 0 Å². The maximum atomic E-state index is 12.0. The third kappa shape index (κ3) is 4.46. The smallest absolute Gasteiger partial charge is 0.265 e. The number of para-hydroxylation sites is 2. The molecule has 1 atom stereocenters. The molecule has 1 aliphatic heterocycles. The van der Waals surface area contributed by atoms with Crippen molar-refractivity contribution in [2.24, 2.45) is 5.73 Å². The largest absolute Gasteiger partial charge is 0.482 e. The lowest BCUT2D eigenvalue weighted by Crippen LogP contribution is -2.40. The summed E-state index contributed by atoms with van der Waals surface area (Å²) in [6.45, 7) is 3.06. The van der Waals surface area contributed by atoms with E-state index < -0.39 is 0 Å². The van der Waals surface area contributed by atoms with Crippen LogP contribution < -0.4 is 20.7 Å². The van der Waals surface area contributed by atoms with E-state index in [4.69, 9.17) is 10.5 Å². The molecular formula is C16H23N3O3. The Labute approximate surface area is 130 Å². The molecule has 1 unspecified atom stereocenters. The van der Waals surface area contributed by atoms with E-state index in [1.165, 1.54) is 0 Å². The summed E-state index contributed by atoms with van der Waals surface area (Å²) in [5, 5.41) is 2.85. The molecule has 3 N–H and O–H groups in total. The maximum absolute atomic E-state index is 12.0. The molecule has 1 aliphatic rings. The average Bonchev–Trinajstić information content (AvgIpc) is 2.51. The number of nitrogens with two attached hydrogens (primary N) is 1. The lowest BCUT2D eigenvalue weighted by atomic mass is 10.2. The molecule has 0 saturated heterocycles. The van der Waals surface area contributed by atoms with Gasteiger partial charge >= 0.3 is 0 Å². The third-order valence-corrected chi connectivity index (χ3v) is 3.52. The van der Waals surface area contributed by atoms with Gasteiger partial charge in [0.25, 0.3) is 5.91 Å². The molecule has 6 nitrogen and oxygen atoms in total. The Kier molecular flexibility index (Phi) is 5.77. The molecular weight excluding hydrogens is 282 g/mol. The first-order chi connectivity index (χ1) is 10.6. The number of amides is 2. The van der Waals surface area contributed by atoms with Crippen molar-refractivity contribution in [2.45, 2.75) is 32.2 Å². The van der Waals surface area contributed by atoms with E-state index in [1.54, 1.807) is 4.90 Å². The molecule has 0 bridgehead atoms. The van der Waals surface area contributed by atoms with E-state index in [0.717, 1.165) is 11.4 Å². The summed E-state index contributed by atoms with van der Waals surface area (Å²) in [7, 11) is 0. The second kappa shape index (κ2) is 7.79. The van der Waals surface area contributed by atoms with Crippen molar-refractivity contribution in [3.63, 3.8) is 0 Å². The first-order valence-electron chi connectivity index (χ1n) is 7.62. The van der Waals surface area contributed by atoms with E-state index in [0.29, 0.717) is 32.4 Å². The number of anilines is 1. The number of nitrogens with zero attached hydrogens (tertiary/aromatic N) is 1. The van der Waals surface area contributed by atoms with Crippen LogP contribution in [0.25, 0.3) is 0 Å². The summed E-state index contributed by atoms with van der Waals surface area (Å²) in [6.07, 6.45) is 1.82. The summed E-state index contributed by atoms with van der Waals surface area (Å²) >= 11 is 0. The van der Waals surface area contributed by atoms with Crippen molar-refractivity contribution in [3.05, 3.63) is 24.3 Å². The predicted octanol–water partition coefficient (Wildman–Crippen LogP) is 1.05. The molecule has 1 aromatic rings. The minimum Gasteiger partial charge on any atom is -0.482 e. The molecule has 1 heterocycles. The van der Waals surface area contributed by atoms with E-state index in [9.17, 15) is 9.59 Å². The van der Waals surface area contributed by atoms with Gasteiger partial charge in [-0.1, -0.05) is 12.1 Å². The number of hydrogen-bond donors (Lipinski definition) is 2. The van der Waals surface area contributed by atoms with Crippen LogP contribution in [0.1, 0.15) is 26.2 Å². The van der Waals surface area contributed by atoms with Crippen molar-refractivity contribution < 1.29 is 14.3 Å². The van der Waals surface area contributed by atoms with Gasteiger partial charge in [0, 0.05) is 25.6 Å². The molecule has 0 radical (unpaired) electrons. The van der Waals surface area contributed by atoms with Crippen molar-refractivity contribution in [1.29, 1.82) is 0 Å². The Morgan fingerprint density at radius 1 is 1.45 bits per heavy atom. The fourth-order valence-corrected chi connectivity index (χ4v) is 2.31. The van der Waals surface area contributed by atoms with Crippen LogP contribution in [0, 0.1) is 0 Å². The highest BCUT2D eigenvalue weighted by Gasteiger charge is 2.24. The zero-order valence-electron chi connectivity index (χ0n) is 12.9. The molecule has 0 aromatic heterocycles. The lowest BCUT2D eigenvalue weighted by Gasteiger charge is -2.29. The van der Waals surface area contributed by atoms with E-state index >= 15 is 0 Å². The van der Waals surface area contributed by atoms with Gasteiger partial charge in [0.2, 0.25) is 5.91 Å². The molecule has 0 fully saturated rings. The number of nitrogens with one attached hydrogen (secondary N) is 1. The number of ether oxygens (including phenoxy) is 1. The molecule has 0 aliphatic carbocycles. The third-order valence-electron chi connectivity index (χ3n) is 3.52. The maximum Gasteiger partial charge on any atom is 0.265 e. The van der Waals surface area contributed by atoms with Crippen molar-refractivity contribution in [1.82, 2.24) is 5.32 Å². The number of carbonyl (C=O) groups is 2. The summed E-state index contributed by atoms with van der Waals surface area (Å²) < 4.78 is 5.39. The average molecular weight is 305 g/mol. The summed E-state index contributed by atoms with van der Waals surface area (Å²) in [6, 6.07) is 7.51. The van der Waals surface area contributed by atoms with Crippen LogP contribution in [0.15, 0.2) is 24.3 Å². The van der Waals surface area contributed by atoms with Crippen LogP contribution in [-0.2, 0) is 9.59 Å². The molecule has 2 rings (SSSR count). The minimum absolute atomic E-state index is 0.00556. The standard InChI is InChI=1S/C16H23N3O3/c1-12(17)7-8-15(20)18-9-4-10-19-13-5-2-3-6-14(13)22-11-16(19)21/h2-3,5-6,12H,4,7-11,17H2,1H3,(H,18,20). The normalized spacial score (nSPS) is 15.0. The monoisotopic (exact) mass is 305 g/mol. The van der Waals surface area contributed by atoms with Gasteiger partial charge in [0.05, 0.1) is 5.69 Å². The number of fused-ring (bicyclic) bond motifs is 1. The number of rotatable bonds is 7. The SMILES string of the molecule is CC(N)CCC(=O)NCCCN1C(=O)COc2ccccc21. The number of carbonyl (C=O) groups excluding carboxylic acids is 2. The molecule has 2 amide bonds. The Bertz CT molecular complexity index is 531. The second-order valence-corrected chi connectivity index (χ2v) is 5.52. The van der Waals surface area contributed by atoms with Crippen LogP contribution in [0.5, 0.6) is 5.75 Å². The zero-order chi connectivity index (χ0) is 15.9. The van der Waals surface area contributed by atoms with Gasteiger partial charge < -0.3 is 20.7 Å². The van der Waals surface area contributed by atoms with Crippen LogP contribution in [-0.4, -0.2) is 37.6 Å². The highest BCUT2D eigenvalue weighted by atomic mass is 16.5. The molecule has 22 heavy (non-hydrogen) atoms. The van der Waals surface area contributed by atoms with Crippen LogP contribution in [0.4, 0.5) is 5.69 Å². The van der Waals surface area contributed by atoms with E-state index in [-0.39, 0.29) is 24.5 Å². The first-order valence-corrected chi connectivity index (χ1v) is 7.62. The quantitative estimate of drug-likeness (QED) is 0.737. The highest BCUT2D eigenvalue weighted by molar-refractivity contribution is 5.97. The number of hydrogen-bond acceptors (Lipinski definition) is 4. The highest BCUT2D eigenvalue weighted by Crippen LogP contribution is 2.31. The van der Waals surface area contributed by atoms with Crippen molar-refractivity contribution in [2.75, 3.05) is 24.6 Å². The Morgan fingerprint density at radius 2 is 2.23 bits per heavy atom. The summed E-state index contributed by atoms with van der Waals surface area (Å²) in [5.41, 5.74) is 6.41. The van der Waals surface area contributed by atoms with Gasteiger partial charge in [-0.15, -0.1) is 0 Å². The Hall–Kier alpha value is -2.08. The van der Waals surface area contributed by atoms with Crippen molar-refractivity contribution in [3.8, 4) is 5.75 Å². The molecule has 1 aromatic carbocycles. The van der Waals surface area contributed by atoms with Gasteiger partial charge in [0.1, 0.15) is 5.75 Å². The van der Waals surface area contributed by atoms with Gasteiger partial charge in [0.15, 0.2) is 6.61 Å². The predicted molar refractivity (Wildman–Crippen MR) is 84.8 cm³/mol. The molecule has 0 saturated carbocycles. The molecule has 120 valence electrons. The van der Waals surface area contributed by atoms with E-state index in [1.807, 2.05) is 31.2 Å². The van der Waals surface area contributed by atoms with Crippen LogP contribution in [0.3, 0.4) is 0 Å². The van der Waals surface area contributed by atoms with Gasteiger partial charge in [-0.25, -0.2) is 0 Å². The van der Waals surface area contributed by atoms with Gasteiger partial charge in [-0.3, -0.25) is 9.59 Å².